The minimum Gasteiger partial charge on any atom is -0.494 e. The van der Waals surface area contributed by atoms with Crippen LogP contribution in [-0.2, 0) is 9.84 Å². The summed E-state index contributed by atoms with van der Waals surface area (Å²) < 4.78 is 28.4. The van der Waals surface area contributed by atoms with Crippen LogP contribution in [0.5, 0.6) is 5.75 Å². The van der Waals surface area contributed by atoms with Crippen LogP contribution in [-0.4, -0.2) is 27.1 Å². The summed E-state index contributed by atoms with van der Waals surface area (Å²) in [6, 6.07) is 13.5. The molecule has 0 aliphatic carbocycles. The fourth-order valence-corrected chi connectivity index (χ4v) is 2.77. The molecule has 5 heteroatoms. The molecule has 132 valence electrons. The topological polar surface area (TPSA) is 60.4 Å². The molecule has 2 aromatic rings. The van der Waals surface area contributed by atoms with Crippen molar-refractivity contribution < 1.29 is 17.9 Å². The number of ether oxygens (including phenoxy) is 1. The summed E-state index contributed by atoms with van der Waals surface area (Å²) in [5.74, 6) is 0.636. The van der Waals surface area contributed by atoms with E-state index in [0.29, 0.717) is 12.2 Å². The second kappa shape index (κ2) is 8.62. The molecule has 0 bridgehead atoms. The number of carbonyl (C=O) groups is 1. The Bertz CT molecular complexity index is 832. The first-order chi connectivity index (χ1) is 11.9. The molecular formula is C20H22O4S. The van der Waals surface area contributed by atoms with Gasteiger partial charge in [0.05, 0.1) is 11.5 Å². The van der Waals surface area contributed by atoms with E-state index in [9.17, 15) is 13.2 Å². The zero-order valence-corrected chi connectivity index (χ0v) is 15.3. The highest BCUT2D eigenvalue weighted by Crippen LogP contribution is 2.15. The Kier molecular flexibility index (Phi) is 6.53. The molecule has 0 unspecified atom stereocenters. The molecule has 2 rings (SSSR count). The number of unbranched alkanes of at least 4 members (excludes halogenated alkanes) is 1. The van der Waals surface area contributed by atoms with Gasteiger partial charge in [0, 0.05) is 11.8 Å². The van der Waals surface area contributed by atoms with Gasteiger partial charge in [-0.25, -0.2) is 8.42 Å². The molecule has 0 aliphatic rings. The van der Waals surface area contributed by atoms with E-state index in [1.807, 2.05) is 24.3 Å². The molecule has 0 saturated carbocycles. The van der Waals surface area contributed by atoms with Gasteiger partial charge < -0.3 is 4.74 Å². The zero-order valence-electron chi connectivity index (χ0n) is 14.4. The van der Waals surface area contributed by atoms with Gasteiger partial charge in [0.1, 0.15) is 5.75 Å². The van der Waals surface area contributed by atoms with Crippen molar-refractivity contribution in [3.63, 3.8) is 0 Å². The molecule has 0 spiro atoms. The van der Waals surface area contributed by atoms with Crippen LogP contribution in [0.4, 0.5) is 0 Å². The van der Waals surface area contributed by atoms with Gasteiger partial charge in [0.15, 0.2) is 15.6 Å². The molecule has 0 N–H and O–H groups in total. The monoisotopic (exact) mass is 358 g/mol. The number of hydrogen-bond acceptors (Lipinski definition) is 4. The van der Waals surface area contributed by atoms with E-state index in [-0.39, 0.29) is 10.7 Å². The number of hydrogen-bond donors (Lipinski definition) is 0. The molecule has 0 amide bonds. The maximum Gasteiger partial charge on any atom is 0.185 e. The largest absolute Gasteiger partial charge is 0.494 e. The van der Waals surface area contributed by atoms with Gasteiger partial charge in [-0.2, -0.15) is 0 Å². The normalized spacial score (nSPS) is 11.6. The van der Waals surface area contributed by atoms with Crippen molar-refractivity contribution in [3.05, 3.63) is 65.7 Å². The lowest BCUT2D eigenvalue weighted by molar-refractivity contribution is 0.104. The molecule has 0 radical (unpaired) electrons. The van der Waals surface area contributed by atoms with Crippen LogP contribution in [0, 0.1) is 0 Å². The van der Waals surface area contributed by atoms with Crippen molar-refractivity contribution in [2.24, 2.45) is 0 Å². The van der Waals surface area contributed by atoms with Crippen molar-refractivity contribution in [3.8, 4) is 5.75 Å². The van der Waals surface area contributed by atoms with E-state index in [2.05, 4.69) is 6.92 Å². The molecule has 2 aromatic carbocycles. The Morgan fingerprint density at radius 2 is 1.68 bits per heavy atom. The number of carbonyl (C=O) groups excluding carboxylic acids is 1. The van der Waals surface area contributed by atoms with Crippen molar-refractivity contribution in [1.29, 1.82) is 0 Å². The Morgan fingerprint density at radius 3 is 2.24 bits per heavy atom. The first-order valence-electron chi connectivity index (χ1n) is 8.15. The predicted octanol–water partition coefficient (Wildman–Crippen LogP) is 4.17. The quantitative estimate of drug-likeness (QED) is 0.404. The molecule has 25 heavy (non-hydrogen) atoms. The van der Waals surface area contributed by atoms with Gasteiger partial charge >= 0.3 is 0 Å². The third kappa shape index (κ3) is 5.87. The fraction of sp³-hybridized carbons (Fsp3) is 0.250. The molecule has 0 aliphatic heterocycles. The molecule has 0 atom stereocenters. The zero-order chi connectivity index (χ0) is 18.3. The van der Waals surface area contributed by atoms with Crippen LogP contribution in [0.3, 0.4) is 0 Å². The third-order valence-electron chi connectivity index (χ3n) is 3.64. The SMILES string of the molecule is CCCCOc1ccc(/C=C/C(=O)c2ccc(S(C)(=O)=O)cc2)cc1. The van der Waals surface area contributed by atoms with E-state index in [0.717, 1.165) is 30.4 Å². The molecule has 0 aromatic heterocycles. The van der Waals surface area contributed by atoms with Crippen LogP contribution in [0.15, 0.2) is 59.5 Å². The van der Waals surface area contributed by atoms with E-state index in [1.54, 1.807) is 6.08 Å². The Morgan fingerprint density at radius 1 is 1.04 bits per heavy atom. The van der Waals surface area contributed by atoms with E-state index < -0.39 is 9.84 Å². The average molecular weight is 358 g/mol. The van der Waals surface area contributed by atoms with Gasteiger partial charge in [0.2, 0.25) is 0 Å². The highest BCUT2D eigenvalue weighted by molar-refractivity contribution is 7.90. The van der Waals surface area contributed by atoms with Crippen LogP contribution < -0.4 is 4.74 Å². The average Bonchev–Trinajstić information content (AvgIpc) is 2.60. The molecule has 0 saturated heterocycles. The predicted molar refractivity (Wildman–Crippen MR) is 99.8 cm³/mol. The summed E-state index contributed by atoms with van der Waals surface area (Å²) in [7, 11) is -3.25. The fourth-order valence-electron chi connectivity index (χ4n) is 2.14. The van der Waals surface area contributed by atoms with Gasteiger partial charge in [-0.05, 0) is 54.5 Å². The first-order valence-corrected chi connectivity index (χ1v) is 10.0. The lowest BCUT2D eigenvalue weighted by Gasteiger charge is -2.05. The number of sulfone groups is 1. The van der Waals surface area contributed by atoms with Crippen LogP contribution in [0.25, 0.3) is 6.08 Å². The molecule has 0 heterocycles. The third-order valence-corrected chi connectivity index (χ3v) is 4.77. The Hall–Kier alpha value is -2.40. The van der Waals surface area contributed by atoms with Crippen LogP contribution in [0.1, 0.15) is 35.7 Å². The van der Waals surface area contributed by atoms with E-state index in [1.165, 1.54) is 30.3 Å². The van der Waals surface area contributed by atoms with Gasteiger partial charge in [-0.1, -0.05) is 31.6 Å². The highest BCUT2D eigenvalue weighted by Gasteiger charge is 2.08. The summed E-state index contributed by atoms with van der Waals surface area (Å²) in [5.41, 5.74) is 1.34. The second-order valence-electron chi connectivity index (χ2n) is 5.77. The summed E-state index contributed by atoms with van der Waals surface area (Å²) >= 11 is 0. The smallest absolute Gasteiger partial charge is 0.185 e. The van der Waals surface area contributed by atoms with Crippen LogP contribution >= 0.6 is 0 Å². The second-order valence-corrected chi connectivity index (χ2v) is 7.78. The summed E-state index contributed by atoms with van der Waals surface area (Å²) in [6.45, 7) is 2.82. The van der Waals surface area contributed by atoms with Gasteiger partial charge in [-0.15, -0.1) is 0 Å². The first kappa shape index (κ1) is 18.9. The Labute approximate surface area is 149 Å². The number of rotatable bonds is 8. The Balaban J connectivity index is 2.00. The van der Waals surface area contributed by atoms with Gasteiger partial charge in [-0.3, -0.25) is 4.79 Å². The van der Waals surface area contributed by atoms with Gasteiger partial charge in [0.25, 0.3) is 0 Å². The summed E-state index contributed by atoms with van der Waals surface area (Å²) in [5, 5.41) is 0. The maximum atomic E-state index is 12.2. The van der Waals surface area contributed by atoms with Crippen molar-refractivity contribution in [1.82, 2.24) is 0 Å². The molecule has 0 fully saturated rings. The van der Waals surface area contributed by atoms with E-state index in [4.69, 9.17) is 4.74 Å². The standard InChI is InChI=1S/C20H22O4S/c1-3-4-15-24-18-10-5-16(6-11-18)7-14-20(21)17-8-12-19(13-9-17)25(2,22)23/h5-14H,3-4,15H2,1-2H3/b14-7+. The minimum atomic E-state index is -3.25. The van der Waals surface area contributed by atoms with Crippen LogP contribution in [0.2, 0.25) is 0 Å². The summed E-state index contributed by atoms with van der Waals surface area (Å²) in [4.78, 5) is 12.4. The number of ketones is 1. The van der Waals surface area contributed by atoms with Crippen molar-refractivity contribution in [2.45, 2.75) is 24.7 Å². The summed E-state index contributed by atoms with van der Waals surface area (Å²) in [6.07, 6.45) is 6.45. The van der Waals surface area contributed by atoms with Crippen molar-refractivity contribution >= 4 is 21.7 Å². The molecule has 4 nitrogen and oxygen atoms in total. The van der Waals surface area contributed by atoms with E-state index >= 15 is 0 Å². The maximum absolute atomic E-state index is 12.2. The number of allylic oxidation sites excluding steroid dienone is 1. The lowest BCUT2D eigenvalue weighted by atomic mass is 10.1. The highest BCUT2D eigenvalue weighted by atomic mass is 32.2. The number of benzene rings is 2. The lowest BCUT2D eigenvalue weighted by Crippen LogP contribution is -1.99. The molecular weight excluding hydrogens is 336 g/mol. The van der Waals surface area contributed by atoms with Crippen molar-refractivity contribution in [2.75, 3.05) is 12.9 Å². The minimum absolute atomic E-state index is 0.177.